The Morgan fingerprint density at radius 2 is 2.18 bits per heavy atom. The molecule has 0 radical (unpaired) electrons. The van der Waals surface area contributed by atoms with Gasteiger partial charge in [0, 0.05) is 25.6 Å². The zero-order valence-corrected chi connectivity index (χ0v) is 13.2. The van der Waals surface area contributed by atoms with Gasteiger partial charge in [-0.05, 0) is 38.3 Å². The van der Waals surface area contributed by atoms with Gasteiger partial charge in [0.2, 0.25) is 5.91 Å². The highest BCUT2D eigenvalue weighted by Gasteiger charge is 2.25. The molecule has 5 heteroatoms. The van der Waals surface area contributed by atoms with Crippen LogP contribution in [0.25, 0.3) is 0 Å². The van der Waals surface area contributed by atoms with Crippen LogP contribution >= 0.6 is 0 Å². The predicted octanol–water partition coefficient (Wildman–Crippen LogP) is 2.91. The lowest BCUT2D eigenvalue weighted by Crippen LogP contribution is -2.48. The third-order valence-electron chi connectivity index (χ3n) is 3.95. The molecule has 1 atom stereocenters. The van der Waals surface area contributed by atoms with Crippen molar-refractivity contribution in [2.45, 2.75) is 45.6 Å². The van der Waals surface area contributed by atoms with Gasteiger partial charge in [-0.25, -0.2) is 4.39 Å². The maximum absolute atomic E-state index is 13.9. The smallest absolute Gasteiger partial charge is 0.220 e. The van der Waals surface area contributed by atoms with Crippen LogP contribution in [0.15, 0.2) is 18.2 Å². The monoisotopic (exact) mass is 306 g/mol. The number of rotatable bonds is 5. The van der Waals surface area contributed by atoms with Gasteiger partial charge >= 0.3 is 0 Å². The van der Waals surface area contributed by atoms with Gasteiger partial charge in [-0.3, -0.25) is 9.59 Å². The van der Waals surface area contributed by atoms with Gasteiger partial charge in [-0.2, -0.15) is 0 Å². The fourth-order valence-corrected chi connectivity index (χ4v) is 2.97. The molecule has 22 heavy (non-hydrogen) atoms. The topological polar surface area (TPSA) is 49.4 Å². The Morgan fingerprint density at radius 3 is 2.86 bits per heavy atom. The van der Waals surface area contributed by atoms with Crippen LogP contribution in [0.4, 0.5) is 10.1 Å². The molecule has 0 bridgehead atoms. The first kappa shape index (κ1) is 16.5. The summed E-state index contributed by atoms with van der Waals surface area (Å²) in [6, 6.07) is 4.76. The Bertz CT molecular complexity index is 560. The number of benzene rings is 1. The molecule has 0 aliphatic carbocycles. The molecule has 1 aliphatic heterocycles. The number of amides is 1. The van der Waals surface area contributed by atoms with Crippen LogP contribution in [-0.4, -0.2) is 30.8 Å². The van der Waals surface area contributed by atoms with Gasteiger partial charge in [0.15, 0.2) is 5.78 Å². The number of anilines is 1. The first-order valence-electron chi connectivity index (χ1n) is 7.86. The Kier molecular flexibility index (Phi) is 5.52. The van der Waals surface area contributed by atoms with Gasteiger partial charge in [-0.1, -0.05) is 13.0 Å². The van der Waals surface area contributed by atoms with Crippen molar-refractivity contribution in [2.75, 3.05) is 18.0 Å². The van der Waals surface area contributed by atoms with Gasteiger partial charge in [0.05, 0.1) is 11.3 Å². The summed E-state index contributed by atoms with van der Waals surface area (Å²) in [6.07, 6.45) is 3.16. The Labute approximate surface area is 130 Å². The van der Waals surface area contributed by atoms with Crippen molar-refractivity contribution in [3.05, 3.63) is 29.6 Å². The number of carbonyl (C=O) groups excluding carboxylic acids is 2. The largest absolute Gasteiger partial charge is 0.369 e. The molecule has 0 saturated carbocycles. The molecule has 1 aromatic rings. The number of Topliss-reactive ketones (excluding diaryl/α,β-unsaturated/α-hetero) is 1. The number of carbonyl (C=O) groups is 2. The number of halogens is 1. The van der Waals surface area contributed by atoms with E-state index < -0.39 is 5.82 Å². The van der Waals surface area contributed by atoms with Crippen LogP contribution in [0.3, 0.4) is 0 Å². The van der Waals surface area contributed by atoms with Crippen molar-refractivity contribution in [3.63, 3.8) is 0 Å². The summed E-state index contributed by atoms with van der Waals surface area (Å²) < 4.78 is 13.9. The van der Waals surface area contributed by atoms with Crippen LogP contribution in [-0.2, 0) is 4.79 Å². The minimum absolute atomic E-state index is 0.0517. The first-order chi connectivity index (χ1) is 10.5. The number of hydrogen-bond donors (Lipinski definition) is 1. The minimum Gasteiger partial charge on any atom is -0.369 e. The SMILES string of the molecule is CCCC(=O)N[C@H]1CCCN(c2cccc(F)c2C(C)=O)C1. The lowest BCUT2D eigenvalue weighted by atomic mass is 10.0. The molecule has 0 spiro atoms. The van der Waals surface area contributed by atoms with E-state index in [1.165, 1.54) is 13.0 Å². The summed E-state index contributed by atoms with van der Waals surface area (Å²) in [6.45, 7) is 4.73. The maximum Gasteiger partial charge on any atom is 0.220 e. The van der Waals surface area contributed by atoms with Crippen LogP contribution in [0, 0.1) is 5.82 Å². The van der Waals surface area contributed by atoms with Gasteiger partial charge in [0.25, 0.3) is 0 Å². The number of ketones is 1. The molecule has 1 aliphatic rings. The van der Waals surface area contributed by atoms with Gasteiger partial charge in [0.1, 0.15) is 5.82 Å². The lowest BCUT2D eigenvalue weighted by Gasteiger charge is -2.35. The van der Waals surface area contributed by atoms with E-state index in [1.807, 2.05) is 11.8 Å². The quantitative estimate of drug-likeness (QED) is 0.851. The first-order valence-corrected chi connectivity index (χ1v) is 7.86. The van der Waals surface area contributed by atoms with Crippen molar-refractivity contribution in [2.24, 2.45) is 0 Å². The summed E-state index contributed by atoms with van der Waals surface area (Å²) in [5.74, 6) is -0.701. The third-order valence-corrected chi connectivity index (χ3v) is 3.95. The van der Waals surface area contributed by atoms with Crippen molar-refractivity contribution >= 4 is 17.4 Å². The second-order valence-electron chi connectivity index (χ2n) is 5.79. The molecule has 4 nitrogen and oxygen atoms in total. The summed E-state index contributed by atoms with van der Waals surface area (Å²) in [5, 5.41) is 3.02. The van der Waals surface area contributed by atoms with Gasteiger partial charge in [-0.15, -0.1) is 0 Å². The number of nitrogens with zero attached hydrogens (tertiary/aromatic N) is 1. The van der Waals surface area contributed by atoms with Crippen molar-refractivity contribution in [1.82, 2.24) is 5.32 Å². The molecular weight excluding hydrogens is 283 g/mol. The molecule has 0 unspecified atom stereocenters. The lowest BCUT2D eigenvalue weighted by molar-refractivity contribution is -0.121. The highest BCUT2D eigenvalue weighted by atomic mass is 19.1. The van der Waals surface area contributed by atoms with E-state index in [-0.39, 0.29) is 23.3 Å². The standard InChI is InChI=1S/C17H23FN2O2/c1-3-6-16(22)19-13-7-5-10-20(11-13)15-9-4-8-14(18)17(15)12(2)21/h4,8-9,13H,3,5-7,10-11H2,1-2H3,(H,19,22)/t13-/m0/s1. The fraction of sp³-hybridized carbons (Fsp3) is 0.529. The van der Waals surface area contributed by atoms with E-state index >= 15 is 0 Å². The molecule has 1 fully saturated rings. The predicted molar refractivity (Wildman–Crippen MR) is 84.7 cm³/mol. The number of hydrogen-bond acceptors (Lipinski definition) is 3. The highest BCUT2D eigenvalue weighted by Crippen LogP contribution is 2.26. The molecule has 120 valence electrons. The van der Waals surface area contributed by atoms with E-state index in [0.29, 0.717) is 18.7 Å². The normalized spacial score (nSPS) is 18.1. The van der Waals surface area contributed by atoms with E-state index in [4.69, 9.17) is 0 Å². The van der Waals surface area contributed by atoms with Crippen LogP contribution in [0.2, 0.25) is 0 Å². The molecule has 1 N–H and O–H groups in total. The summed E-state index contributed by atoms with van der Waals surface area (Å²) in [4.78, 5) is 25.5. The Morgan fingerprint density at radius 1 is 1.41 bits per heavy atom. The molecule has 1 saturated heterocycles. The second kappa shape index (κ2) is 7.38. The van der Waals surface area contributed by atoms with E-state index in [1.54, 1.807) is 12.1 Å². The van der Waals surface area contributed by atoms with Gasteiger partial charge < -0.3 is 10.2 Å². The minimum atomic E-state index is -0.484. The molecule has 0 aromatic heterocycles. The average molecular weight is 306 g/mol. The zero-order valence-electron chi connectivity index (χ0n) is 13.2. The molecular formula is C17H23FN2O2. The van der Waals surface area contributed by atoms with E-state index in [9.17, 15) is 14.0 Å². The van der Waals surface area contributed by atoms with Crippen LogP contribution in [0.5, 0.6) is 0 Å². The summed E-state index contributed by atoms with van der Waals surface area (Å²) in [7, 11) is 0. The molecule has 2 rings (SSSR count). The highest BCUT2D eigenvalue weighted by molar-refractivity contribution is 6.00. The molecule has 1 amide bonds. The van der Waals surface area contributed by atoms with Crippen molar-refractivity contribution < 1.29 is 14.0 Å². The second-order valence-corrected chi connectivity index (χ2v) is 5.79. The number of piperidine rings is 1. The number of nitrogens with one attached hydrogen (secondary N) is 1. The summed E-state index contributed by atoms with van der Waals surface area (Å²) in [5.41, 5.74) is 0.768. The Hall–Kier alpha value is -1.91. The molecule has 1 heterocycles. The molecule has 1 aromatic carbocycles. The summed E-state index contributed by atoms with van der Waals surface area (Å²) >= 11 is 0. The average Bonchev–Trinajstić information content (AvgIpc) is 2.47. The van der Waals surface area contributed by atoms with Crippen molar-refractivity contribution in [3.8, 4) is 0 Å². The van der Waals surface area contributed by atoms with Crippen molar-refractivity contribution in [1.29, 1.82) is 0 Å². The Balaban J connectivity index is 2.14. The van der Waals surface area contributed by atoms with Crippen LogP contribution in [0.1, 0.15) is 49.9 Å². The third kappa shape index (κ3) is 3.84. The van der Waals surface area contributed by atoms with E-state index in [0.717, 1.165) is 25.8 Å². The fourth-order valence-electron chi connectivity index (χ4n) is 2.97. The maximum atomic E-state index is 13.9. The van der Waals surface area contributed by atoms with Crippen LogP contribution < -0.4 is 10.2 Å². The van der Waals surface area contributed by atoms with E-state index in [2.05, 4.69) is 5.32 Å². The zero-order chi connectivity index (χ0) is 16.1.